The van der Waals surface area contributed by atoms with Crippen LogP contribution in [0.5, 0.6) is 0 Å². The van der Waals surface area contributed by atoms with Gasteiger partial charge in [0.25, 0.3) is 0 Å². The maximum absolute atomic E-state index is 9.63. The molecule has 2 fully saturated rings. The first-order chi connectivity index (χ1) is 10.1. The Morgan fingerprint density at radius 3 is 3.00 bits per heavy atom. The van der Waals surface area contributed by atoms with Gasteiger partial charge in [-0.15, -0.1) is 0 Å². The summed E-state index contributed by atoms with van der Waals surface area (Å²) in [5.41, 5.74) is 11.8. The highest BCUT2D eigenvalue weighted by Gasteiger charge is 2.59. The van der Waals surface area contributed by atoms with Crippen LogP contribution < -0.4 is 11.5 Å². The smallest absolute Gasteiger partial charge is 0.224 e. The molecule has 2 aromatic heterocycles. The molecule has 0 spiro atoms. The Labute approximate surface area is 119 Å². The monoisotopic (exact) mass is 292 g/mol. The number of hydrogen-bond acceptors (Lipinski definition) is 8. The van der Waals surface area contributed by atoms with Gasteiger partial charge in [0.1, 0.15) is 17.2 Å². The van der Waals surface area contributed by atoms with Crippen LogP contribution >= 0.6 is 0 Å². The van der Waals surface area contributed by atoms with Crippen molar-refractivity contribution in [2.75, 3.05) is 24.7 Å². The van der Waals surface area contributed by atoms with Gasteiger partial charge in [0, 0.05) is 5.92 Å². The molecule has 4 heterocycles. The van der Waals surface area contributed by atoms with Gasteiger partial charge in [-0.25, -0.2) is 4.98 Å². The third kappa shape index (κ3) is 1.53. The Hall–Kier alpha value is -1.97. The van der Waals surface area contributed by atoms with Crippen LogP contribution in [-0.2, 0) is 9.47 Å². The third-order valence-electron chi connectivity index (χ3n) is 4.49. The molecule has 0 aromatic carbocycles. The molecule has 0 aliphatic carbocycles. The molecule has 0 amide bonds. The average Bonchev–Trinajstić information content (AvgIpc) is 3.09. The lowest BCUT2D eigenvalue weighted by Crippen LogP contribution is -2.40. The van der Waals surface area contributed by atoms with E-state index in [0.29, 0.717) is 17.8 Å². The van der Waals surface area contributed by atoms with Crippen LogP contribution in [0.1, 0.15) is 13.2 Å². The fourth-order valence-corrected chi connectivity index (χ4v) is 3.17. The minimum atomic E-state index is -0.671. The summed E-state index contributed by atoms with van der Waals surface area (Å²) in [6.07, 6.45) is 0.994. The molecule has 4 rings (SSSR count). The maximum atomic E-state index is 9.63. The van der Waals surface area contributed by atoms with Crippen LogP contribution in [0.3, 0.4) is 0 Å². The number of nitrogens with two attached hydrogens (primary N) is 2. The zero-order valence-corrected chi connectivity index (χ0v) is 11.4. The largest absolute Gasteiger partial charge is 0.393 e. The zero-order valence-electron chi connectivity index (χ0n) is 11.4. The van der Waals surface area contributed by atoms with Crippen LogP contribution in [0.4, 0.5) is 11.8 Å². The van der Waals surface area contributed by atoms with Crippen LogP contribution in [0.25, 0.3) is 11.2 Å². The molecular weight excluding hydrogens is 276 g/mol. The fourth-order valence-electron chi connectivity index (χ4n) is 3.17. The first-order valence-electron chi connectivity index (χ1n) is 6.71. The summed E-state index contributed by atoms with van der Waals surface area (Å²) in [6, 6.07) is 0. The molecule has 1 unspecified atom stereocenters. The molecule has 0 saturated carbocycles. The highest BCUT2D eigenvalue weighted by Crippen LogP contribution is 2.49. The number of nitrogen functional groups attached to an aromatic ring is 2. The summed E-state index contributed by atoms with van der Waals surface area (Å²) in [5, 5.41) is 9.63. The molecule has 2 bridgehead atoms. The number of aliphatic hydroxyl groups excluding tert-OH is 1. The molecule has 2 aromatic rings. The van der Waals surface area contributed by atoms with Gasteiger partial charge >= 0.3 is 0 Å². The van der Waals surface area contributed by atoms with Gasteiger partial charge in [-0.05, 0) is 0 Å². The van der Waals surface area contributed by atoms with Gasteiger partial charge in [0.05, 0.1) is 19.5 Å². The average molecular weight is 292 g/mol. The molecule has 2 aliphatic rings. The number of rotatable bonds is 2. The van der Waals surface area contributed by atoms with Crippen molar-refractivity contribution in [1.82, 2.24) is 19.5 Å². The molecule has 2 saturated heterocycles. The van der Waals surface area contributed by atoms with Crippen molar-refractivity contribution in [3.05, 3.63) is 6.33 Å². The topological polar surface area (TPSA) is 134 Å². The van der Waals surface area contributed by atoms with Crippen molar-refractivity contribution < 1.29 is 14.6 Å². The van der Waals surface area contributed by atoms with E-state index < -0.39 is 11.8 Å². The van der Waals surface area contributed by atoms with Gasteiger partial charge in [0.15, 0.2) is 17.7 Å². The SMILES string of the molecule is C[C@@H]1C2OC[C@]1(CO)O[C@H]2n1cnc2c(N)nc(N)nc21. The standard InChI is InChI=1S/C12H16N6O3/c1-5-7-10(21-12(5,2-19)3-20-7)18-4-15-6-8(13)16-11(14)17-9(6)18/h4-5,7,10,19H,2-3H2,1H3,(H4,13,14,16,17)/t5-,7?,10-,12+/m1/s1. The summed E-state index contributed by atoms with van der Waals surface area (Å²) in [5.74, 6) is 0.377. The van der Waals surface area contributed by atoms with Crippen molar-refractivity contribution >= 4 is 22.9 Å². The minimum absolute atomic E-state index is 0.0708. The number of nitrogens with zero attached hydrogens (tertiary/aromatic N) is 4. The Bertz CT molecular complexity index is 718. The fraction of sp³-hybridized carbons (Fsp3) is 0.583. The van der Waals surface area contributed by atoms with E-state index in [9.17, 15) is 5.11 Å². The van der Waals surface area contributed by atoms with Crippen molar-refractivity contribution in [3.8, 4) is 0 Å². The van der Waals surface area contributed by atoms with Gasteiger partial charge in [0.2, 0.25) is 5.95 Å². The Morgan fingerprint density at radius 1 is 1.48 bits per heavy atom. The lowest BCUT2D eigenvalue weighted by molar-refractivity contribution is -0.183. The normalized spacial score (nSPS) is 34.9. The zero-order chi connectivity index (χ0) is 14.8. The molecule has 5 N–H and O–H groups in total. The summed E-state index contributed by atoms with van der Waals surface area (Å²) >= 11 is 0. The second kappa shape index (κ2) is 4.03. The predicted octanol–water partition coefficient (Wildman–Crippen LogP) is -0.715. The minimum Gasteiger partial charge on any atom is -0.393 e. The van der Waals surface area contributed by atoms with E-state index in [1.165, 1.54) is 0 Å². The van der Waals surface area contributed by atoms with Gasteiger partial charge in [-0.1, -0.05) is 6.92 Å². The predicted molar refractivity (Wildman–Crippen MR) is 73.0 cm³/mol. The first-order valence-corrected chi connectivity index (χ1v) is 6.71. The quantitative estimate of drug-likeness (QED) is 0.660. The van der Waals surface area contributed by atoms with Crippen molar-refractivity contribution in [1.29, 1.82) is 0 Å². The maximum Gasteiger partial charge on any atom is 0.224 e. The van der Waals surface area contributed by atoms with Gasteiger partial charge in [-0.2, -0.15) is 9.97 Å². The molecule has 9 heteroatoms. The van der Waals surface area contributed by atoms with Gasteiger partial charge < -0.3 is 26.0 Å². The van der Waals surface area contributed by atoms with Crippen LogP contribution in [-0.4, -0.2) is 49.5 Å². The van der Waals surface area contributed by atoms with Crippen molar-refractivity contribution in [2.24, 2.45) is 5.92 Å². The number of ether oxygens (including phenoxy) is 2. The number of anilines is 2. The molecule has 112 valence electrons. The molecule has 9 nitrogen and oxygen atoms in total. The van der Waals surface area contributed by atoms with E-state index in [0.717, 1.165) is 0 Å². The summed E-state index contributed by atoms with van der Waals surface area (Å²) in [4.78, 5) is 12.3. The molecule has 21 heavy (non-hydrogen) atoms. The summed E-state index contributed by atoms with van der Waals surface area (Å²) in [7, 11) is 0. The van der Waals surface area contributed by atoms with Crippen LogP contribution in [0.15, 0.2) is 6.33 Å². The van der Waals surface area contributed by atoms with Gasteiger partial charge in [-0.3, -0.25) is 4.57 Å². The van der Waals surface area contributed by atoms with Crippen molar-refractivity contribution in [2.45, 2.75) is 24.9 Å². The van der Waals surface area contributed by atoms with E-state index in [-0.39, 0.29) is 30.4 Å². The van der Waals surface area contributed by atoms with Crippen molar-refractivity contribution in [3.63, 3.8) is 0 Å². The highest BCUT2D eigenvalue weighted by molar-refractivity contribution is 5.82. The first kappa shape index (κ1) is 12.7. The molecule has 0 radical (unpaired) electrons. The summed E-state index contributed by atoms with van der Waals surface area (Å²) in [6.45, 7) is 2.30. The van der Waals surface area contributed by atoms with E-state index in [2.05, 4.69) is 15.0 Å². The Morgan fingerprint density at radius 2 is 2.29 bits per heavy atom. The summed E-state index contributed by atoms with van der Waals surface area (Å²) < 4.78 is 13.5. The van der Waals surface area contributed by atoms with E-state index in [1.807, 2.05) is 6.92 Å². The Kier molecular flexibility index (Phi) is 2.44. The molecule has 2 aliphatic heterocycles. The van der Waals surface area contributed by atoms with E-state index in [1.54, 1.807) is 10.9 Å². The number of hydrogen-bond donors (Lipinski definition) is 3. The van der Waals surface area contributed by atoms with Crippen LogP contribution in [0, 0.1) is 5.92 Å². The molecule has 4 atom stereocenters. The highest BCUT2D eigenvalue weighted by atomic mass is 16.6. The molecular formula is C12H16N6O3. The lowest BCUT2D eigenvalue weighted by atomic mass is 9.91. The second-order valence-corrected chi connectivity index (χ2v) is 5.59. The second-order valence-electron chi connectivity index (χ2n) is 5.59. The number of imidazole rings is 1. The number of fused-ring (bicyclic) bond motifs is 3. The van der Waals surface area contributed by atoms with E-state index in [4.69, 9.17) is 20.9 Å². The van der Waals surface area contributed by atoms with E-state index >= 15 is 0 Å². The number of aliphatic hydroxyl groups is 1. The lowest BCUT2D eigenvalue weighted by Gasteiger charge is -2.30. The Balaban J connectivity index is 1.82. The third-order valence-corrected chi connectivity index (χ3v) is 4.49. The number of aromatic nitrogens is 4. The van der Waals surface area contributed by atoms with Crippen LogP contribution in [0.2, 0.25) is 0 Å².